The topological polar surface area (TPSA) is 75.6 Å². The second kappa shape index (κ2) is 7.33. The zero-order valence-electron chi connectivity index (χ0n) is 11.2. The van der Waals surface area contributed by atoms with Crippen molar-refractivity contribution in [2.75, 3.05) is 20.3 Å². The second-order valence-corrected chi connectivity index (χ2v) is 8.14. The number of rotatable bonds is 7. The van der Waals surface area contributed by atoms with Gasteiger partial charge in [0.1, 0.15) is 0 Å². The van der Waals surface area contributed by atoms with Crippen molar-refractivity contribution in [3.63, 3.8) is 0 Å². The van der Waals surface area contributed by atoms with E-state index in [9.17, 15) is 13.5 Å². The lowest BCUT2D eigenvalue weighted by Crippen LogP contribution is -2.41. The molecule has 20 heavy (non-hydrogen) atoms. The molecule has 0 amide bonds. The molecule has 1 atom stereocenters. The van der Waals surface area contributed by atoms with Crippen LogP contribution in [0.4, 0.5) is 0 Å². The lowest BCUT2D eigenvalue weighted by Gasteiger charge is -2.23. The Morgan fingerprint density at radius 2 is 2.05 bits per heavy atom. The monoisotopic (exact) mass is 429 g/mol. The first-order valence-electron chi connectivity index (χ1n) is 5.84. The molecule has 1 unspecified atom stereocenters. The molecule has 0 spiro atoms. The molecule has 1 rings (SSSR count). The van der Waals surface area contributed by atoms with E-state index in [0.717, 1.165) is 4.47 Å². The van der Waals surface area contributed by atoms with Gasteiger partial charge in [-0.2, -0.15) is 0 Å². The van der Waals surface area contributed by atoms with E-state index in [2.05, 4.69) is 36.6 Å². The Hall–Kier alpha value is 0.01000. The highest BCUT2D eigenvalue weighted by Crippen LogP contribution is 2.25. The van der Waals surface area contributed by atoms with Crippen LogP contribution in [-0.4, -0.2) is 39.4 Å². The van der Waals surface area contributed by atoms with Crippen LogP contribution in [0.5, 0.6) is 0 Å². The summed E-state index contributed by atoms with van der Waals surface area (Å²) in [6, 6.07) is 4.78. The fourth-order valence-electron chi connectivity index (χ4n) is 1.43. The maximum absolute atomic E-state index is 12.2. The number of ether oxygens (including phenoxy) is 1. The molecule has 1 aromatic carbocycles. The van der Waals surface area contributed by atoms with Gasteiger partial charge in [-0.1, -0.05) is 15.9 Å². The summed E-state index contributed by atoms with van der Waals surface area (Å²) in [5, 5.41) is 10.0. The third-order valence-electron chi connectivity index (χ3n) is 2.67. The number of methoxy groups -OCH3 is 1. The number of nitrogens with one attached hydrogen (secondary N) is 1. The smallest absolute Gasteiger partial charge is 0.241 e. The molecule has 2 N–H and O–H groups in total. The van der Waals surface area contributed by atoms with Crippen molar-refractivity contribution in [1.82, 2.24) is 4.72 Å². The van der Waals surface area contributed by atoms with Crippen LogP contribution in [0.1, 0.15) is 13.3 Å². The van der Waals surface area contributed by atoms with Gasteiger partial charge in [0, 0.05) is 35.6 Å². The van der Waals surface area contributed by atoms with E-state index < -0.39 is 15.6 Å². The van der Waals surface area contributed by atoms with Gasteiger partial charge in [0.2, 0.25) is 10.0 Å². The van der Waals surface area contributed by atoms with Crippen LogP contribution in [0.2, 0.25) is 0 Å². The summed E-state index contributed by atoms with van der Waals surface area (Å²) >= 11 is 6.48. The minimum absolute atomic E-state index is 0.0821. The van der Waals surface area contributed by atoms with Crippen molar-refractivity contribution in [2.45, 2.75) is 23.8 Å². The van der Waals surface area contributed by atoms with Crippen LogP contribution in [-0.2, 0) is 14.8 Å². The van der Waals surface area contributed by atoms with E-state index >= 15 is 0 Å². The minimum atomic E-state index is -3.68. The molecule has 0 saturated carbocycles. The lowest BCUT2D eigenvalue weighted by atomic mass is 10.0. The third-order valence-corrected chi connectivity index (χ3v) is 5.54. The van der Waals surface area contributed by atoms with Gasteiger partial charge in [-0.3, -0.25) is 0 Å². The Labute approximate surface area is 136 Å². The largest absolute Gasteiger partial charge is 0.389 e. The zero-order chi connectivity index (χ0) is 15.4. The van der Waals surface area contributed by atoms with Crippen molar-refractivity contribution >= 4 is 41.9 Å². The molecule has 0 aromatic heterocycles. The Balaban J connectivity index is 2.80. The van der Waals surface area contributed by atoms with Crippen molar-refractivity contribution in [2.24, 2.45) is 0 Å². The van der Waals surface area contributed by atoms with Crippen LogP contribution in [0.25, 0.3) is 0 Å². The molecule has 0 saturated heterocycles. The molecule has 8 heteroatoms. The highest BCUT2D eigenvalue weighted by Gasteiger charge is 2.25. The molecule has 0 aliphatic heterocycles. The summed E-state index contributed by atoms with van der Waals surface area (Å²) in [6.07, 6.45) is 0.341. The van der Waals surface area contributed by atoms with Crippen LogP contribution in [0, 0.1) is 0 Å². The fourth-order valence-corrected chi connectivity index (χ4v) is 4.34. The molecule has 0 heterocycles. The van der Waals surface area contributed by atoms with Crippen LogP contribution < -0.4 is 4.72 Å². The molecule has 0 aliphatic rings. The Morgan fingerprint density at radius 1 is 1.40 bits per heavy atom. The molecular formula is C12H17Br2NO4S. The SMILES string of the molecule is COCCC(C)(O)CNS(=O)(=O)c1ccc(Br)cc1Br. The normalized spacial score (nSPS) is 15.1. The van der Waals surface area contributed by atoms with Crippen molar-refractivity contribution < 1.29 is 18.3 Å². The average molecular weight is 431 g/mol. The molecule has 114 valence electrons. The van der Waals surface area contributed by atoms with E-state index in [0.29, 0.717) is 17.5 Å². The van der Waals surface area contributed by atoms with Gasteiger partial charge in [0.25, 0.3) is 0 Å². The minimum Gasteiger partial charge on any atom is -0.389 e. The number of hydrogen-bond acceptors (Lipinski definition) is 4. The molecule has 0 fully saturated rings. The second-order valence-electron chi connectivity index (χ2n) is 4.64. The van der Waals surface area contributed by atoms with Crippen molar-refractivity contribution in [3.05, 3.63) is 27.1 Å². The summed E-state index contributed by atoms with van der Waals surface area (Å²) < 4.78 is 32.9. The van der Waals surface area contributed by atoms with Gasteiger partial charge in [-0.05, 0) is 41.1 Å². The van der Waals surface area contributed by atoms with Gasteiger partial charge in [0.15, 0.2) is 0 Å². The summed E-state index contributed by atoms with van der Waals surface area (Å²) in [5.74, 6) is 0. The van der Waals surface area contributed by atoms with Gasteiger partial charge in [-0.25, -0.2) is 13.1 Å². The van der Waals surface area contributed by atoms with E-state index in [4.69, 9.17) is 4.74 Å². The zero-order valence-corrected chi connectivity index (χ0v) is 15.2. The van der Waals surface area contributed by atoms with Gasteiger partial charge >= 0.3 is 0 Å². The van der Waals surface area contributed by atoms with Gasteiger partial charge in [0.05, 0.1) is 10.5 Å². The van der Waals surface area contributed by atoms with Crippen LogP contribution in [0.15, 0.2) is 32.0 Å². The number of benzene rings is 1. The van der Waals surface area contributed by atoms with E-state index in [1.54, 1.807) is 19.1 Å². The maximum atomic E-state index is 12.2. The fraction of sp³-hybridized carbons (Fsp3) is 0.500. The quantitative estimate of drug-likeness (QED) is 0.695. The first-order chi connectivity index (χ1) is 9.18. The first-order valence-corrected chi connectivity index (χ1v) is 8.91. The third kappa shape index (κ3) is 5.42. The van der Waals surface area contributed by atoms with Crippen LogP contribution >= 0.6 is 31.9 Å². The number of hydrogen-bond donors (Lipinski definition) is 2. The highest BCUT2D eigenvalue weighted by molar-refractivity contribution is 9.11. The van der Waals surface area contributed by atoms with Crippen molar-refractivity contribution in [1.29, 1.82) is 0 Å². The summed E-state index contributed by atoms with van der Waals surface area (Å²) in [7, 11) is -2.16. The number of aliphatic hydroxyl groups is 1. The van der Waals surface area contributed by atoms with E-state index in [-0.39, 0.29) is 11.4 Å². The lowest BCUT2D eigenvalue weighted by molar-refractivity contribution is 0.0292. The molecule has 0 radical (unpaired) electrons. The molecule has 0 bridgehead atoms. The van der Waals surface area contributed by atoms with Crippen molar-refractivity contribution in [3.8, 4) is 0 Å². The number of halogens is 2. The highest BCUT2D eigenvalue weighted by atomic mass is 79.9. The summed E-state index contributed by atoms with van der Waals surface area (Å²) in [6.45, 7) is 1.84. The summed E-state index contributed by atoms with van der Waals surface area (Å²) in [5.41, 5.74) is -1.16. The first kappa shape index (κ1) is 18.1. The molecule has 5 nitrogen and oxygen atoms in total. The Kier molecular flexibility index (Phi) is 6.62. The molecule has 1 aromatic rings. The van der Waals surface area contributed by atoms with Gasteiger partial charge < -0.3 is 9.84 Å². The molecular weight excluding hydrogens is 414 g/mol. The van der Waals surface area contributed by atoms with Gasteiger partial charge in [-0.15, -0.1) is 0 Å². The summed E-state index contributed by atoms with van der Waals surface area (Å²) in [4.78, 5) is 0.128. The Morgan fingerprint density at radius 3 is 2.60 bits per heavy atom. The Bertz CT molecular complexity index is 561. The predicted molar refractivity (Wildman–Crippen MR) is 84.1 cm³/mol. The maximum Gasteiger partial charge on any atom is 0.241 e. The number of sulfonamides is 1. The predicted octanol–water partition coefficient (Wildman–Crippen LogP) is 2.28. The standard InChI is InChI=1S/C12H17Br2NO4S/c1-12(16,5-6-19-2)8-15-20(17,18)11-4-3-9(13)7-10(11)14/h3-4,7,15-16H,5-6,8H2,1-2H3. The average Bonchev–Trinajstić information content (AvgIpc) is 2.34. The van der Waals surface area contributed by atoms with E-state index in [1.807, 2.05) is 0 Å². The van der Waals surface area contributed by atoms with E-state index in [1.165, 1.54) is 13.2 Å². The molecule has 0 aliphatic carbocycles. The van der Waals surface area contributed by atoms with Crippen LogP contribution in [0.3, 0.4) is 0 Å².